The Balaban J connectivity index is 1.62. The highest BCUT2D eigenvalue weighted by atomic mass is 16.1. The maximum atomic E-state index is 12.0. The Morgan fingerprint density at radius 1 is 1.25 bits per heavy atom. The lowest BCUT2D eigenvalue weighted by atomic mass is 10.2. The molecule has 3 N–H and O–H groups in total. The first kappa shape index (κ1) is 15.9. The van der Waals surface area contributed by atoms with E-state index in [9.17, 15) is 9.59 Å². The van der Waals surface area contributed by atoms with Crippen LogP contribution in [0.15, 0.2) is 29.1 Å². The molecule has 24 heavy (non-hydrogen) atoms. The summed E-state index contributed by atoms with van der Waals surface area (Å²) in [5.74, 6) is -0.121. The van der Waals surface area contributed by atoms with E-state index in [2.05, 4.69) is 25.5 Å². The average Bonchev–Trinajstić information content (AvgIpc) is 2.89. The van der Waals surface area contributed by atoms with Gasteiger partial charge in [0.15, 0.2) is 0 Å². The maximum Gasteiger partial charge on any atom is 0.270 e. The number of rotatable bonds is 5. The molecule has 0 spiro atoms. The highest BCUT2D eigenvalue weighted by molar-refractivity contribution is 5.76. The smallest absolute Gasteiger partial charge is 0.270 e. The normalized spacial score (nSPS) is 10.9. The summed E-state index contributed by atoms with van der Waals surface area (Å²) in [6, 6.07) is 7.34. The first-order valence-electron chi connectivity index (χ1n) is 7.79. The van der Waals surface area contributed by atoms with Crippen molar-refractivity contribution in [2.75, 3.05) is 0 Å². The molecule has 0 radical (unpaired) electrons. The van der Waals surface area contributed by atoms with Crippen molar-refractivity contribution in [3.05, 3.63) is 57.3 Å². The fraction of sp³-hybridized carbons (Fsp3) is 0.294. The topological polar surface area (TPSA) is 104 Å². The zero-order valence-corrected chi connectivity index (χ0v) is 13.6. The van der Waals surface area contributed by atoms with Crippen LogP contribution >= 0.6 is 0 Å². The first-order valence-corrected chi connectivity index (χ1v) is 7.79. The number of nitrogens with zero attached hydrogens (tertiary/aromatic N) is 2. The van der Waals surface area contributed by atoms with Crippen LogP contribution in [0.1, 0.15) is 29.1 Å². The summed E-state index contributed by atoms with van der Waals surface area (Å²) in [4.78, 5) is 31.2. The van der Waals surface area contributed by atoms with E-state index in [4.69, 9.17) is 0 Å². The van der Waals surface area contributed by atoms with Gasteiger partial charge in [-0.15, -0.1) is 0 Å². The lowest BCUT2D eigenvalue weighted by Gasteiger charge is -2.06. The van der Waals surface area contributed by atoms with Crippen molar-refractivity contribution in [1.82, 2.24) is 25.5 Å². The third-order valence-electron chi connectivity index (χ3n) is 4.00. The minimum atomic E-state index is -0.247. The monoisotopic (exact) mass is 325 g/mol. The van der Waals surface area contributed by atoms with Crippen LogP contribution in [0.3, 0.4) is 0 Å². The summed E-state index contributed by atoms with van der Waals surface area (Å²) < 4.78 is 0. The number of aromatic amines is 2. The van der Waals surface area contributed by atoms with Crippen LogP contribution in [0.4, 0.5) is 0 Å². The van der Waals surface area contributed by atoms with Crippen molar-refractivity contribution in [2.24, 2.45) is 0 Å². The second-order valence-corrected chi connectivity index (χ2v) is 5.72. The van der Waals surface area contributed by atoms with Gasteiger partial charge in [-0.1, -0.05) is 12.1 Å². The SMILES string of the molecule is Cc1n[nH]c(C)c1CNC(=O)CCc1nc2ccccc2[nH]c1=O. The second-order valence-electron chi connectivity index (χ2n) is 5.72. The number of carbonyl (C=O) groups is 1. The second kappa shape index (κ2) is 6.66. The van der Waals surface area contributed by atoms with Gasteiger partial charge in [0.2, 0.25) is 5.91 Å². The number of amides is 1. The third-order valence-corrected chi connectivity index (χ3v) is 4.00. The predicted molar refractivity (Wildman–Crippen MR) is 90.6 cm³/mol. The van der Waals surface area contributed by atoms with E-state index in [0.717, 1.165) is 22.5 Å². The van der Waals surface area contributed by atoms with Gasteiger partial charge in [0.25, 0.3) is 5.56 Å². The highest BCUT2D eigenvalue weighted by Gasteiger charge is 2.10. The molecule has 0 aliphatic heterocycles. The summed E-state index contributed by atoms with van der Waals surface area (Å²) in [6.45, 7) is 4.23. The van der Waals surface area contributed by atoms with Crippen LogP contribution in [0.5, 0.6) is 0 Å². The van der Waals surface area contributed by atoms with Crippen molar-refractivity contribution in [1.29, 1.82) is 0 Å². The van der Waals surface area contributed by atoms with E-state index < -0.39 is 0 Å². The van der Waals surface area contributed by atoms with Gasteiger partial charge in [-0.2, -0.15) is 5.10 Å². The molecular weight excluding hydrogens is 306 g/mol. The summed E-state index contributed by atoms with van der Waals surface area (Å²) >= 11 is 0. The largest absolute Gasteiger partial charge is 0.352 e. The molecule has 2 aromatic heterocycles. The molecule has 1 amide bonds. The molecule has 0 atom stereocenters. The number of carbonyl (C=O) groups excluding carboxylic acids is 1. The molecule has 2 heterocycles. The molecule has 0 saturated heterocycles. The summed E-state index contributed by atoms with van der Waals surface area (Å²) in [6.07, 6.45) is 0.514. The van der Waals surface area contributed by atoms with Crippen LogP contribution in [0, 0.1) is 13.8 Å². The van der Waals surface area contributed by atoms with Crippen LogP contribution in [0.25, 0.3) is 11.0 Å². The lowest BCUT2D eigenvalue weighted by Crippen LogP contribution is -2.25. The fourth-order valence-electron chi connectivity index (χ4n) is 2.58. The van der Waals surface area contributed by atoms with Crippen LogP contribution in [-0.4, -0.2) is 26.1 Å². The lowest BCUT2D eigenvalue weighted by molar-refractivity contribution is -0.121. The van der Waals surface area contributed by atoms with E-state index >= 15 is 0 Å². The Morgan fingerprint density at radius 3 is 2.79 bits per heavy atom. The zero-order chi connectivity index (χ0) is 17.1. The van der Waals surface area contributed by atoms with Crippen LogP contribution in [0.2, 0.25) is 0 Å². The molecule has 7 heteroatoms. The third kappa shape index (κ3) is 3.34. The highest BCUT2D eigenvalue weighted by Crippen LogP contribution is 2.09. The molecule has 3 aromatic rings. The van der Waals surface area contributed by atoms with Crippen LogP contribution in [-0.2, 0) is 17.8 Å². The summed E-state index contributed by atoms with van der Waals surface area (Å²) in [7, 11) is 0. The molecule has 0 aliphatic carbocycles. The standard InChI is InChI=1S/C17H19N5O2/c1-10-12(11(2)22-21-10)9-18-16(23)8-7-15-17(24)20-14-6-4-3-5-13(14)19-15/h3-6H,7-9H2,1-2H3,(H,18,23)(H,20,24)(H,21,22). The van der Waals surface area contributed by atoms with Gasteiger partial charge in [-0.3, -0.25) is 14.7 Å². The zero-order valence-electron chi connectivity index (χ0n) is 13.6. The molecule has 0 unspecified atom stereocenters. The Hall–Kier alpha value is -2.96. The number of H-pyrrole nitrogens is 2. The molecule has 0 fully saturated rings. The van der Waals surface area contributed by atoms with Gasteiger partial charge in [0.1, 0.15) is 5.69 Å². The van der Waals surface area contributed by atoms with E-state index in [1.165, 1.54) is 0 Å². The van der Waals surface area contributed by atoms with Gasteiger partial charge in [-0.05, 0) is 26.0 Å². The van der Waals surface area contributed by atoms with Crippen molar-refractivity contribution in [3.63, 3.8) is 0 Å². The molecular formula is C17H19N5O2. The van der Waals surface area contributed by atoms with E-state index in [0.29, 0.717) is 24.2 Å². The molecule has 0 saturated carbocycles. The maximum absolute atomic E-state index is 12.0. The number of benzene rings is 1. The van der Waals surface area contributed by atoms with Gasteiger partial charge in [-0.25, -0.2) is 4.98 Å². The average molecular weight is 325 g/mol. The van der Waals surface area contributed by atoms with E-state index in [-0.39, 0.29) is 17.9 Å². The van der Waals surface area contributed by atoms with Gasteiger partial charge >= 0.3 is 0 Å². The van der Waals surface area contributed by atoms with E-state index in [1.807, 2.05) is 32.0 Å². The molecule has 0 bridgehead atoms. The van der Waals surface area contributed by atoms with E-state index in [1.54, 1.807) is 6.07 Å². The van der Waals surface area contributed by atoms with Crippen molar-refractivity contribution >= 4 is 16.9 Å². The van der Waals surface area contributed by atoms with Crippen molar-refractivity contribution < 1.29 is 4.79 Å². The Kier molecular flexibility index (Phi) is 4.41. The van der Waals surface area contributed by atoms with Gasteiger partial charge < -0.3 is 10.3 Å². The number of hydrogen-bond acceptors (Lipinski definition) is 4. The molecule has 0 aliphatic rings. The predicted octanol–water partition coefficient (Wildman–Crippen LogP) is 1.51. The first-order chi connectivity index (χ1) is 11.5. The van der Waals surface area contributed by atoms with Gasteiger partial charge in [0, 0.05) is 30.6 Å². The van der Waals surface area contributed by atoms with Crippen molar-refractivity contribution in [2.45, 2.75) is 33.2 Å². The Morgan fingerprint density at radius 2 is 2.04 bits per heavy atom. The molecule has 1 aromatic carbocycles. The minimum Gasteiger partial charge on any atom is -0.352 e. The number of hydrogen-bond donors (Lipinski definition) is 3. The quantitative estimate of drug-likeness (QED) is 0.661. The molecule has 124 valence electrons. The number of para-hydroxylation sites is 2. The van der Waals surface area contributed by atoms with Crippen LogP contribution < -0.4 is 10.9 Å². The number of aromatic nitrogens is 4. The summed E-state index contributed by atoms with van der Waals surface area (Å²) in [5.41, 5.74) is 4.35. The molecule has 3 rings (SSSR count). The Labute approximate surface area is 138 Å². The Bertz CT molecular complexity index is 922. The number of aryl methyl sites for hydroxylation is 3. The minimum absolute atomic E-state index is 0.121. The number of nitrogens with one attached hydrogen (secondary N) is 3. The fourth-order valence-corrected chi connectivity index (χ4v) is 2.58. The number of fused-ring (bicyclic) bond motifs is 1. The van der Waals surface area contributed by atoms with Crippen molar-refractivity contribution in [3.8, 4) is 0 Å². The molecule has 7 nitrogen and oxygen atoms in total. The summed E-state index contributed by atoms with van der Waals surface area (Å²) in [5, 5.41) is 9.84. The van der Waals surface area contributed by atoms with Gasteiger partial charge in [0.05, 0.1) is 16.7 Å².